The lowest BCUT2D eigenvalue weighted by Crippen LogP contribution is -2.44. The van der Waals surface area contributed by atoms with Gasteiger partial charge in [-0.05, 0) is 6.07 Å². The first-order valence-corrected chi connectivity index (χ1v) is 6.60. The molecule has 0 amide bonds. The predicted octanol–water partition coefficient (Wildman–Crippen LogP) is 1.22. The molecule has 1 aliphatic heterocycles. The van der Waals surface area contributed by atoms with E-state index in [1.807, 2.05) is 16.7 Å². The van der Waals surface area contributed by atoms with E-state index in [0.717, 1.165) is 48.9 Å². The fourth-order valence-corrected chi connectivity index (χ4v) is 2.53. The zero-order valence-electron chi connectivity index (χ0n) is 11.3. The second-order valence-corrected chi connectivity index (χ2v) is 4.74. The molecular weight excluding hydrogens is 292 g/mol. The van der Waals surface area contributed by atoms with Crippen molar-refractivity contribution in [3.63, 3.8) is 0 Å². The molecule has 0 saturated carbocycles. The molecule has 0 unspecified atom stereocenters. The molecule has 7 nitrogen and oxygen atoms in total. The Bertz CT molecular complexity index is 719. The van der Waals surface area contributed by atoms with E-state index in [1.165, 1.54) is 0 Å². The maximum absolute atomic E-state index is 5.14. The van der Waals surface area contributed by atoms with Crippen molar-refractivity contribution in [2.75, 3.05) is 31.1 Å². The number of fused-ring (bicyclic) bond motifs is 1. The third-order valence-corrected chi connectivity index (χ3v) is 3.55. The van der Waals surface area contributed by atoms with Crippen LogP contribution in [0.25, 0.3) is 16.9 Å². The second kappa shape index (κ2) is 5.71. The van der Waals surface area contributed by atoms with Crippen LogP contribution in [0.4, 0.5) is 5.82 Å². The van der Waals surface area contributed by atoms with Crippen molar-refractivity contribution in [1.82, 2.24) is 24.9 Å². The number of hydrogen-bond acceptors (Lipinski definition) is 6. The first kappa shape index (κ1) is 13.8. The molecule has 1 N–H and O–H groups in total. The van der Waals surface area contributed by atoms with Crippen LogP contribution in [0, 0.1) is 0 Å². The Morgan fingerprint density at radius 2 is 2.10 bits per heavy atom. The van der Waals surface area contributed by atoms with Crippen LogP contribution in [0.5, 0.6) is 0 Å². The van der Waals surface area contributed by atoms with Crippen molar-refractivity contribution in [3.05, 3.63) is 31.1 Å². The van der Waals surface area contributed by atoms with Crippen LogP contribution in [0.3, 0.4) is 0 Å². The second-order valence-electron chi connectivity index (χ2n) is 4.74. The summed E-state index contributed by atoms with van der Waals surface area (Å²) < 4.78 is 7.09. The molecule has 1 fully saturated rings. The van der Waals surface area contributed by atoms with E-state index < -0.39 is 0 Å². The smallest absolute Gasteiger partial charge is 0.204 e. The van der Waals surface area contributed by atoms with E-state index in [1.54, 1.807) is 18.9 Å². The van der Waals surface area contributed by atoms with Gasteiger partial charge in [0.25, 0.3) is 0 Å². The van der Waals surface area contributed by atoms with Gasteiger partial charge in [-0.1, -0.05) is 0 Å². The Morgan fingerprint density at radius 3 is 2.86 bits per heavy atom. The number of aromatic nitrogens is 4. The molecule has 0 spiro atoms. The van der Waals surface area contributed by atoms with E-state index in [2.05, 4.69) is 25.4 Å². The number of rotatable bonds is 2. The first-order chi connectivity index (χ1) is 9.93. The maximum atomic E-state index is 5.14. The summed E-state index contributed by atoms with van der Waals surface area (Å²) in [6.45, 7) is 3.79. The molecular formula is C13H15ClN6O. The summed E-state index contributed by atoms with van der Waals surface area (Å²) >= 11 is 0. The Labute approximate surface area is 127 Å². The summed E-state index contributed by atoms with van der Waals surface area (Å²) in [5, 5.41) is 11.6. The van der Waals surface area contributed by atoms with Crippen LogP contribution in [0.1, 0.15) is 0 Å². The minimum Gasteiger partial charge on any atom is -0.472 e. The summed E-state index contributed by atoms with van der Waals surface area (Å²) in [6.07, 6.45) is 6.90. The summed E-state index contributed by atoms with van der Waals surface area (Å²) in [6, 6.07) is 1.90. The zero-order chi connectivity index (χ0) is 13.4. The van der Waals surface area contributed by atoms with Crippen molar-refractivity contribution in [1.29, 1.82) is 0 Å². The molecule has 0 radical (unpaired) electrons. The molecule has 1 saturated heterocycles. The molecule has 4 heterocycles. The molecule has 1 aliphatic rings. The Hall–Kier alpha value is -2.12. The van der Waals surface area contributed by atoms with E-state index in [0.29, 0.717) is 0 Å². The third-order valence-electron chi connectivity index (χ3n) is 3.55. The molecule has 21 heavy (non-hydrogen) atoms. The van der Waals surface area contributed by atoms with Gasteiger partial charge >= 0.3 is 0 Å². The highest BCUT2D eigenvalue weighted by molar-refractivity contribution is 5.85. The molecule has 4 rings (SSSR count). The van der Waals surface area contributed by atoms with Gasteiger partial charge in [0, 0.05) is 31.7 Å². The lowest BCUT2D eigenvalue weighted by atomic mass is 10.2. The lowest BCUT2D eigenvalue weighted by Gasteiger charge is -2.28. The number of halogens is 1. The Balaban J connectivity index is 0.00000132. The molecule has 0 aromatic carbocycles. The highest BCUT2D eigenvalue weighted by atomic mass is 35.5. The van der Waals surface area contributed by atoms with Crippen molar-refractivity contribution < 1.29 is 4.42 Å². The summed E-state index contributed by atoms with van der Waals surface area (Å²) in [4.78, 5) is 6.83. The molecule has 110 valence electrons. The Kier molecular flexibility index (Phi) is 3.76. The highest BCUT2D eigenvalue weighted by Crippen LogP contribution is 2.24. The number of piperazine rings is 1. The van der Waals surface area contributed by atoms with Gasteiger partial charge in [-0.25, -0.2) is 4.98 Å². The van der Waals surface area contributed by atoms with Gasteiger partial charge in [-0.2, -0.15) is 0 Å². The molecule has 0 atom stereocenters. The number of nitrogens with one attached hydrogen (secondary N) is 1. The molecule has 0 aliphatic carbocycles. The summed E-state index contributed by atoms with van der Waals surface area (Å²) in [7, 11) is 0. The van der Waals surface area contributed by atoms with Crippen LogP contribution in [-0.2, 0) is 0 Å². The van der Waals surface area contributed by atoms with E-state index in [9.17, 15) is 0 Å². The van der Waals surface area contributed by atoms with Crippen molar-refractivity contribution >= 4 is 23.9 Å². The minimum atomic E-state index is 0. The predicted molar refractivity (Wildman–Crippen MR) is 80.8 cm³/mol. The third kappa shape index (κ3) is 2.34. The van der Waals surface area contributed by atoms with Gasteiger partial charge in [0.05, 0.1) is 24.4 Å². The fourth-order valence-electron chi connectivity index (χ4n) is 2.53. The van der Waals surface area contributed by atoms with Crippen LogP contribution in [0.2, 0.25) is 0 Å². The summed E-state index contributed by atoms with van der Waals surface area (Å²) in [5.74, 6) is 0.885. The molecule has 8 heteroatoms. The van der Waals surface area contributed by atoms with Gasteiger partial charge in [0.1, 0.15) is 6.33 Å². The highest BCUT2D eigenvalue weighted by Gasteiger charge is 2.18. The average molecular weight is 307 g/mol. The van der Waals surface area contributed by atoms with Crippen LogP contribution in [-0.4, -0.2) is 45.8 Å². The SMILES string of the molecule is Cl.c1cc(-c2cnc(N3CCNCC3)c3nncn23)co1. The van der Waals surface area contributed by atoms with Gasteiger partial charge in [-0.15, -0.1) is 22.6 Å². The number of furan rings is 1. The fraction of sp³-hybridized carbons (Fsp3) is 0.308. The quantitative estimate of drug-likeness (QED) is 0.767. The van der Waals surface area contributed by atoms with Gasteiger partial charge < -0.3 is 14.6 Å². The Morgan fingerprint density at radius 1 is 1.24 bits per heavy atom. The number of nitrogens with zero attached hydrogens (tertiary/aromatic N) is 5. The van der Waals surface area contributed by atoms with Crippen molar-refractivity contribution in [2.24, 2.45) is 0 Å². The normalized spacial score (nSPS) is 15.1. The lowest BCUT2D eigenvalue weighted by molar-refractivity contribution is 0.568. The van der Waals surface area contributed by atoms with Gasteiger partial charge in [0.2, 0.25) is 5.65 Å². The standard InChI is InChI=1S/C13H14N6O.ClH/c1-6-20-8-10(1)11-7-15-12(13-17-16-9-19(11)13)18-4-2-14-3-5-18;/h1,6-9,14H,2-5H2;1H. The maximum Gasteiger partial charge on any atom is 0.204 e. The number of hydrogen-bond donors (Lipinski definition) is 1. The van der Waals surface area contributed by atoms with Crippen molar-refractivity contribution in [3.8, 4) is 11.3 Å². The number of anilines is 1. The molecule has 3 aromatic rings. The van der Waals surface area contributed by atoms with Crippen LogP contribution >= 0.6 is 12.4 Å². The van der Waals surface area contributed by atoms with E-state index >= 15 is 0 Å². The topological polar surface area (TPSA) is 71.5 Å². The molecule has 0 bridgehead atoms. The zero-order valence-corrected chi connectivity index (χ0v) is 12.1. The van der Waals surface area contributed by atoms with Crippen LogP contribution in [0.15, 0.2) is 35.5 Å². The largest absolute Gasteiger partial charge is 0.472 e. The van der Waals surface area contributed by atoms with Gasteiger partial charge in [-0.3, -0.25) is 4.40 Å². The van der Waals surface area contributed by atoms with Crippen LogP contribution < -0.4 is 10.2 Å². The van der Waals surface area contributed by atoms with Crippen molar-refractivity contribution in [2.45, 2.75) is 0 Å². The summed E-state index contributed by atoms with van der Waals surface area (Å²) in [5.41, 5.74) is 2.68. The van der Waals surface area contributed by atoms with E-state index in [4.69, 9.17) is 4.42 Å². The monoisotopic (exact) mass is 306 g/mol. The van der Waals surface area contributed by atoms with Gasteiger partial charge in [0.15, 0.2) is 5.82 Å². The average Bonchev–Trinajstić information content (AvgIpc) is 3.18. The van der Waals surface area contributed by atoms with E-state index in [-0.39, 0.29) is 12.4 Å². The molecule has 3 aromatic heterocycles. The minimum absolute atomic E-state index is 0. The first-order valence-electron chi connectivity index (χ1n) is 6.60.